The molecule has 76 valence electrons. The Labute approximate surface area is 106 Å². The van der Waals surface area contributed by atoms with E-state index in [1.807, 2.05) is 0 Å². The van der Waals surface area contributed by atoms with E-state index >= 15 is 0 Å². The van der Waals surface area contributed by atoms with Gasteiger partial charge in [-0.05, 0) is 48.9 Å². The lowest BCUT2D eigenvalue weighted by molar-refractivity contribution is 0.793. The first kappa shape index (κ1) is 11.0. The average Bonchev–Trinajstić information content (AvgIpc) is 2.93. The number of hydrogen-bond donors (Lipinski definition) is 0. The van der Waals surface area contributed by atoms with E-state index < -0.39 is 0 Å². The summed E-state index contributed by atoms with van der Waals surface area (Å²) >= 11 is 13.5. The van der Waals surface area contributed by atoms with Crippen molar-refractivity contribution in [2.24, 2.45) is 5.92 Å². The molecule has 0 heterocycles. The van der Waals surface area contributed by atoms with Crippen molar-refractivity contribution in [3.8, 4) is 0 Å². The molecule has 1 unspecified atom stereocenters. The van der Waals surface area contributed by atoms with Gasteiger partial charge in [-0.15, -0.1) is 11.6 Å². The number of hydrogen-bond acceptors (Lipinski definition) is 0. The van der Waals surface area contributed by atoms with Gasteiger partial charge in [0.15, 0.2) is 0 Å². The van der Waals surface area contributed by atoms with Crippen LogP contribution in [0.15, 0.2) is 21.1 Å². The molecule has 1 aliphatic rings. The fraction of sp³-hybridized carbons (Fsp3) is 0.455. The van der Waals surface area contributed by atoms with Crippen molar-refractivity contribution in [1.29, 1.82) is 0 Å². The van der Waals surface area contributed by atoms with Gasteiger partial charge < -0.3 is 0 Å². The van der Waals surface area contributed by atoms with Crippen LogP contribution in [0.4, 0.5) is 0 Å². The van der Waals surface area contributed by atoms with Crippen molar-refractivity contribution >= 4 is 43.5 Å². The maximum absolute atomic E-state index is 6.38. The molecular formula is C11H11Br2Cl. The maximum atomic E-state index is 6.38. The Morgan fingerprint density at radius 3 is 2.50 bits per heavy atom. The molecule has 1 fully saturated rings. The van der Waals surface area contributed by atoms with E-state index in [1.165, 1.54) is 24.0 Å². The van der Waals surface area contributed by atoms with Crippen molar-refractivity contribution in [3.05, 3.63) is 32.2 Å². The Morgan fingerprint density at radius 1 is 1.29 bits per heavy atom. The summed E-state index contributed by atoms with van der Waals surface area (Å²) in [6.45, 7) is 2.08. The molecule has 0 aliphatic heterocycles. The van der Waals surface area contributed by atoms with Crippen molar-refractivity contribution in [1.82, 2.24) is 0 Å². The van der Waals surface area contributed by atoms with E-state index in [2.05, 4.69) is 50.9 Å². The first-order valence-corrected chi connectivity index (χ1v) is 6.71. The van der Waals surface area contributed by atoms with Crippen LogP contribution in [0.25, 0.3) is 0 Å². The summed E-state index contributed by atoms with van der Waals surface area (Å²) in [7, 11) is 0. The van der Waals surface area contributed by atoms with Gasteiger partial charge in [0, 0.05) is 8.95 Å². The molecule has 2 rings (SSSR count). The van der Waals surface area contributed by atoms with Crippen molar-refractivity contribution in [2.75, 3.05) is 0 Å². The van der Waals surface area contributed by atoms with Gasteiger partial charge in [0.1, 0.15) is 0 Å². The van der Waals surface area contributed by atoms with Crippen molar-refractivity contribution in [3.63, 3.8) is 0 Å². The minimum atomic E-state index is 0.168. The summed E-state index contributed by atoms with van der Waals surface area (Å²) < 4.78 is 2.27. The lowest BCUT2D eigenvalue weighted by atomic mass is 10.1. The van der Waals surface area contributed by atoms with Gasteiger partial charge in [-0.25, -0.2) is 0 Å². The molecule has 0 aromatic heterocycles. The minimum absolute atomic E-state index is 0.168. The van der Waals surface area contributed by atoms with Crippen LogP contribution in [0.1, 0.15) is 29.3 Å². The third-order valence-corrected chi connectivity index (χ3v) is 4.74. The largest absolute Gasteiger partial charge is 0.117 e. The van der Waals surface area contributed by atoms with Gasteiger partial charge in [-0.1, -0.05) is 31.9 Å². The zero-order chi connectivity index (χ0) is 10.3. The Balaban J connectivity index is 2.36. The van der Waals surface area contributed by atoms with Gasteiger partial charge in [-0.2, -0.15) is 0 Å². The Morgan fingerprint density at radius 2 is 1.93 bits per heavy atom. The molecule has 0 N–H and O–H groups in total. The topological polar surface area (TPSA) is 0 Å². The third-order valence-electron chi connectivity index (χ3n) is 2.61. The number of benzene rings is 1. The Bertz CT molecular complexity index is 359. The highest BCUT2D eigenvalue weighted by atomic mass is 79.9. The van der Waals surface area contributed by atoms with Crippen LogP contribution in [0, 0.1) is 12.8 Å². The zero-order valence-electron chi connectivity index (χ0n) is 7.86. The highest BCUT2D eigenvalue weighted by Crippen LogP contribution is 2.47. The summed E-state index contributed by atoms with van der Waals surface area (Å²) in [5, 5.41) is 0.168. The number of aryl methyl sites for hydroxylation is 1. The van der Waals surface area contributed by atoms with E-state index in [0.717, 1.165) is 8.95 Å². The normalized spacial score (nSPS) is 18.3. The molecule has 3 heteroatoms. The average molecular weight is 338 g/mol. The molecule has 1 atom stereocenters. The van der Waals surface area contributed by atoms with Crippen LogP contribution in [0.5, 0.6) is 0 Å². The highest BCUT2D eigenvalue weighted by molar-refractivity contribution is 9.11. The predicted molar refractivity (Wildman–Crippen MR) is 67.9 cm³/mol. The summed E-state index contributed by atoms with van der Waals surface area (Å²) in [5.74, 6) is 0.683. The quantitative estimate of drug-likeness (QED) is 0.649. The molecule has 0 amide bonds. The molecule has 1 aromatic carbocycles. The van der Waals surface area contributed by atoms with Gasteiger partial charge in [-0.3, -0.25) is 0 Å². The molecule has 0 nitrogen and oxygen atoms in total. The van der Waals surface area contributed by atoms with Crippen molar-refractivity contribution in [2.45, 2.75) is 25.1 Å². The maximum Gasteiger partial charge on any atom is 0.0624 e. The fourth-order valence-corrected chi connectivity index (χ4v) is 3.15. The molecule has 0 radical (unpaired) electrons. The van der Waals surface area contributed by atoms with Crippen LogP contribution < -0.4 is 0 Å². The van der Waals surface area contributed by atoms with E-state index in [1.54, 1.807) is 0 Å². The van der Waals surface area contributed by atoms with E-state index in [4.69, 9.17) is 11.6 Å². The Hall–Kier alpha value is 0.470. The Kier molecular flexibility index (Phi) is 3.25. The van der Waals surface area contributed by atoms with Gasteiger partial charge in [0.2, 0.25) is 0 Å². The van der Waals surface area contributed by atoms with Crippen LogP contribution in [0.2, 0.25) is 0 Å². The zero-order valence-corrected chi connectivity index (χ0v) is 11.8. The fourth-order valence-electron chi connectivity index (χ4n) is 1.52. The number of alkyl halides is 1. The van der Waals surface area contributed by atoms with Gasteiger partial charge in [0.25, 0.3) is 0 Å². The molecule has 1 aliphatic carbocycles. The minimum Gasteiger partial charge on any atom is -0.117 e. The van der Waals surface area contributed by atoms with Crippen LogP contribution in [0.3, 0.4) is 0 Å². The predicted octanol–water partition coefficient (Wildman–Crippen LogP) is 5.21. The molecule has 14 heavy (non-hydrogen) atoms. The molecule has 1 saturated carbocycles. The molecule has 0 saturated heterocycles. The second kappa shape index (κ2) is 4.15. The molecule has 0 bridgehead atoms. The van der Waals surface area contributed by atoms with E-state index in [9.17, 15) is 0 Å². The van der Waals surface area contributed by atoms with Crippen molar-refractivity contribution < 1.29 is 0 Å². The standard InChI is InChI=1S/C11H11Br2Cl/c1-6-4-10(13)8(5-9(6)12)11(14)7-2-3-7/h4-5,7,11H,2-3H2,1H3. The van der Waals surface area contributed by atoms with Gasteiger partial charge >= 0.3 is 0 Å². The first-order valence-electron chi connectivity index (χ1n) is 4.69. The number of rotatable bonds is 2. The monoisotopic (exact) mass is 336 g/mol. The van der Waals surface area contributed by atoms with Gasteiger partial charge in [0.05, 0.1) is 5.38 Å². The second-order valence-electron chi connectivity index (χ2n) is 3.86. The summed E-state index contributed by atoms with van der Waals surface area (Å²) in [6, 6.07) is 4.26. The summed E-state index contributed by atoms with van der Waals surface area (Å²) in [6.07, 6.45) is 2.54. The first-order chi connectivity index (χ1) is 6.59. The van der Waals surface area contributed by atoms with Crippen LogP contribution >= 0.6 is 43.5 Å². The lowest BCUT2D eigenvalue weighted by Gasteiger charge is -2.12. The van der Waals surface area contributed by atoms with Crippen LogP contribution in [-0.2, 0) is 0 Å². The summed E-state index contributed by atoms with van der Waals surface area (Å²) in [5.41, 5.74) is 2.45. The van der Waals surface area contributed by atoms with E-state index in [0.29, 0.717) is 5.92 Å². The second-order valence-corrected chi connectivity index (χ2v) is 6.04. The SMILES string of the molecule is Cc1cc(Br)c(C(Cl)C2CC2)cc1Br. The molecule has 1 aromatic rings. The third kappa shape index (κ3) is 2.17. The summed E-state index contributed by atoms with van der Waals surface area (Å²) in [4.78, 5) is 0. The smallest absolute Gasteiger partial charge is 0.0624 e. The lowest BCUT2D eigenvalue weighted by Crippen LogP contribution is -1.95. The molecule has 0 spiro atoms. The van der Waals surface area contributed by atoms with Crippen LogP contribution in [-0.4, -0.2) is 0 Å². The highest BCUT2D eigenvalue weighted by Gasteiger charge is 2.32. The number of halogens is 3. The molecular weight excluding hydrogens is 327 g/mol. The van der Waals surface area contributed by atoms with E-state index in [-0.39, 0.29) is 5.38 Å².